The summed E-state index contributed by atoms with van der Waals surface area (Å²) in [5.41, 5.74) is 1.57. The van der Waals surface area contributed by atoms with Gasteiger partial charge in [-0.1, -0.05) is 6.42 Å². The van der Waals surface area contributed by atoms with Gasteiger partial charge in [0.25, 0.3) is 0 Å². The molecule has 2 N–H and O–H groups in total. The molecule has 0 bridgehead atoms. The molecule has 1 aromatic heterocycles. The molecule has 0 aliphatic heterocycles. The van der Waals surface area contributed by atoms with Crippen molar-refractivity contribution in [3.8, 4) is 0 Å². The van der Waals surface area contributed by atoms with Crippen molar-refractivity contribution >= 4 is 17.6 Å². The molecule has 5 heteroatoms. The predicted molar refractivity (Wildman–Crippen MR) is 66.1 cm³/mol. The summed E-state index contributed by atoms with van der Waals surface area (Å²) >= 11 is 0. The summed E-state index contributed by atoms with van der Waals surface area (Å²) in [5.74, 6) is -2.05. The van der Waals surface area contributed by atoms with Crippen LogP contribution in [0.4, 0.5) is 5.69 Å². The van der Waals surface area contributed by atoms with E-state index < -0.39 is 17.8 Å². The van der Waals surface area contributed by atoms with Crippen LogP contribution in [0.15, 0.2) is 18.5 Å². The maximum absolute atomic E-state index is 12.1. The molecule has 96 valence electrons. The Hall–Kier alpha value is -1.91. The van der Waals surface area contributed by atoms with Gasteiger partial charge in [-0.3, -0.25) is 14.6 Å². The van der Waals surface area contributed by atoms with Gasteiger partial charge in [0.2, 0.25) is 5.91 Å². The van der Waals surface area contributed by atoms with Gasteiger partial charge in [-0.15, -0.1) is 0 Å². The predicted octanol–water partition coefficient (Wildman–Crippen LogP) is 1.83. The standard InChI is InChI=1S/C13H16N2O3/c1-8-7-14-6-5-11(8)15-12(16)9-3-2-4-10(9)13(17)18/h5-7,9-10H,2-4H2,1H3,(H,17,18)(H,14,15,16). The minimum Gasteiger partial charge on any atom is -0.481 e. The summed E-state index contributed by atoms with van der Waals surface area (Å²) in [7, 11) is 0. The average Bonchev–Trinajstić information content (AvgIpc) is 2.81. The van der Waals surface area contributed by atoms with Gasteiger partial charge >= 0.3 is 5.97 Å². The molecule has 1 fully saturated rings. The van der Waals surface area contributed by atoms with E-state index in [2.05, 4.69) is 10.3 Å². The number of carboxylic acids is 1. The van der Waals surface area contributed by atoms with Gasteiger partial charge in [0.05, 0.1) is 11.8 Å². The number of carbonyl (C=O) groups is 2. The zero-order valence-electron chi connectivity index (χ0n) is 10.2. The van der Waals surface area contributed by atoms with E-state index in [0.29, 0.717) is 18.5 Å². The highest BCUT2D eigenvalue weighted by molar-refractivity contribution is 5.95. The zero-order chi connectivity index (χ0) is 13.1. The molecular formula is C13H16N2O3. The van der Waals surface area contributed by atoms with E-state index in [0.717, 1.165) is 12.0 Å². The lowest BCUT2D eigenvalue weighted by atomic mass is 9.95. The number of amides is 1. The van der Waals surface area contributed by atoms with Crippen LogP contribution in [0.25, 0.3) is 0 Å². The number of hydrogen-bond donors (Lipinski definition) is 2. The van der Waals surface area contributed by atoms with Crippen LogP contribution in [0.1, 0.15) is 24.8 Å². The van der Waals surface area contributed by atoms with Gasteiger partial charge in [-0.25, -0.2) is 0 Å². The van der Waals surface area contributed by atoms with Crippen molar-refractivity contribution in [3.05, 3.63) is 24.0 Å². The van der Waals surface area contributed by atoms with E-state index >= 15 is 0 Å². The Morgan fingerprint density at radius 2 is 2.11 bits per heavy atom. The molecule has 5 nitrogen and oxygen atoms in total. The van der Waals surface area contributed by atoms with Gasteiger partial charge in [0.1, 0.15) is 0 Å². The zero-order valence-corrected chi connectivity index (χ0v) is 10.2. The van der Waals surface area contributed by atoms with Crippen LogP contribution in [0.3, 0.4) is 0 Å². The van der Waals surface area contributed by atoms with E-state index in [-0.39, 0.29) is 5.91 Å². The quantitative estimate of drug-likeness (QED) is 0.855. The number of nitrogens with one attached hydrogen (secondary N) is 1. The van der Waals surface area contributed by atoms with E-state index in [9.17, 15) is 9.59 Å². The van der Waals surface area contributed by atoms with Crippen LogP contribution in [0.2, 0.25) is 0 Å². The number of aliphatic carboxylic acids is 1. The molecule has 18 heavy (non-hydrogen) atoms. The summed E-state index contributed by atoms with van der Waals surface area (Å²) in [6.07, 6.45) is 5.30. The second kappa shape index (κ2) is 5.16. The van der Waals surface area contributed by atoms with Crippen molar-refractivity contribution < 1.29 is 14.7 Å². The number of aromatic nitrogens is 1. The fourth-order valence-corrected chi connectivity index (χ4v) is 2.41. The van der Waals surface area contributed by atoms with Crippen molar-refractivity contribution in [1.29, 1.82) is 0 Å². The van der Waals surface area contributed by atoms with Crippen LogP contribution >= 0.6 is 0 Å². The summed E-state index contributed by atoms with van der Waals surface area (Å²) in [6.45, 7) is 1.85. The molecule has 2 atom stereocenters. The number of aryl methyl sites for hydroxylation is 1. The number of carbonyl (C=O) groups excluding carboxylic acids is 1. The maximum atomic E-state index is 12.1. The lowest BCUT2D eigenvalue weighted by Gasteiger charge is -2.16. The van der Waals surface area contributed by atoms with E-state index in [1.165, 1.54) is 0 Å². The molecule has 1 aromatic rings. The Morgan fingerprint density at radius 1 is 1.39 bits per heavy atom. The maximum Gasteiger partial charge on any atom is 0.307 e. The second-order valence-electron chi connectivity index (χ2n) is 4.66. The molecule has 0 radical (unpaired) electrons. The third-order valence-corrected chi connectivity index (χ3v) is 3.45. The van der Waals surface area contributed by atoms with Gasteiger partial charge in [-0.05, 0) is 31.4 Å². The lowest BCUT2D eigenvalue weighted by molar-refractivity contribution is -0.145. The molecule has 0 spiro atoms. The van der Waals surface area contributed by atoms with E-state index in [4.69, 9.17) is 5.11 Å². The van der Waals surface area contributed by atoms with E-state index in [1.54, 1.807) is 18.5 Å². The van der Waals surface area contributed by atoms with Crippen LogP contribution in [0.5, 0.6) is 0 Å². The first-order chi connectivity index (χ1) is 8.59. The SMILES string of the molecule is Cc1cnccc1NC(=O)C1CCCC1C(=O)O. The molecule has 1 aliphatic rings. The highest BCUT2D eigenvalue weighted by Crippen LogP contribution is 2.33. The Balaban J connectivity index is 2.08. The van der Waals surface area contributed by atoms with Crippen LogP contribution in [0, 0.1) is 18.8 Å². The summed E-state index contributed by atoms with van der Waals surface area (Å²) in [6, 6.07) is 1.72. The smallest absolute Gasteiger partial charge is 0.307 e. The van der Waals surface area contributed by atoms with Crippen molar-refractivity contribution in [1.82, 2.24) is 4.98 Å². The molecule has 2 rings (SSSR count). The number of carboxylic acid groups (broad SMARTS) is 1. The largest absolute Gasteiger partial charge is 0.481 e. The molecule has 1 aliphatic carbocycles. The number of pyridine rings is 1. The fraction of sp³-hybridized carbons (Fsp3) is 0.462. The van der Waals surface area contributed by atoms with Gasteiger partial charge < -0.3 is 10.4 Å². The monoisotopic (exact) mass is 248 g/mol. The Bertz CT molecular complexity index is 473. The summed E-state index contributed by atoms with van der Waals surface area (Å²) in [4.78, 5) is 27.1. The first-order valence-corrected chi connectivity index (χ1v) is 6.04. The number of hydrogen-bond acceptors (Lipinski definition) is 3. The van der Waals surface area contributed by atoms with Crippen LogP contribution in [-0.4, -0.2) is 22.0 Å². The highest BCUT2D eigenvalue weighted by atomic mass is 16.4. The molecule has 2 unspecified atom stereocenters. The molecule has 0 saturated heterocycles. The minimum absolute atomic E-state index is 0.200. The number of rotatable bonds is 3. The Kier molecular flexibility index (Phi) is 3.60. The highest BCUT2D eigenvalue weighted by Gasteiger charge is 2.37. The third-order valence-electron chi connectivity index (χ3n) is 3.45. The molecular weight excluding hydrogens is 232 g/mol. The fourth-order valence-electron chi connectivity index (χ4n) is 2.41. The van der Waals surface area contributed by atoms with Crippen LogP contribution in [-0.2, 0) is 9.59 Å². The van der Waals surface area contributed by atoms with Gasteiger partial charge in [0.15, 0.2) is 0 Å². The molecule has 1 amide bonds. The lowest BCUT2D eigenvalue weighted by Crippen LogP contribution is -2.30. The average molecular weight is 248 g/mol. The summed E-state index contributed by atoms with van der Waals surface area (Å²) in [5, 5.41) is 11.9. The van der Waals surface area contributed by atoms with Gasteiger partial charge in [0, 0.05) is 18.1 Å². The van der Waals surface area contributed by atoms with Crippen molar-refractivity contribution in [2.24, 2.45) is 11.8 Å². The first kappa shape index (κ1) is 12.5. The van der Waals surface area contributed by atoms with E-state index in [1.807, 2.05) is 6.92 Å². The first-order valence-electron chi connectivity index (χ1n) is 6.04. The normalized spacial score (nSPS) is 22.7. The second-order valence-corrected chi connectivity index (χ2v) is 4.66. The molecule has 1 saturated carbocycles. The van der Waals surface area contributed by atoms with Crippen molar-refractivity contribution in [3.63, 3.8) is 0 Å². The Labute approximate surface area is 105 Å². The van der Waals surface area contributed by atoms with Gasteiger partial charge in [-0.2, -0.15) is 0 Å². The van der Waals surface area contributed by atoms with Crippen molar-refractivity contribution in [2.45, 2.75) is 26.2 Å². The number of nitrogens with zero attached hydrogens (tertiary/aromatic N) is 1. The number of anilines is 1. The Morgan fingerprint density at radius 3 is 2.78 bits per heavy atom. The molecule has 0 aromatic carbocycles. The molecule has 1 heterocycles. The topological polar surface area (TPSA) is 79.3 Å². The minimum atomic E-state index is -0.876. The van der Waals surface area contributed by atoms with Crippen LogP contribution < -0.4 is 5.32 Å². The van der Waals surface area contributed by atoms with Crippen molar-refractivity contribution in [2.75, 3.05) is 5.32 Å². The summed E-state index contributed by atoms with van der Waals surface area (Å²) < 4.78 is 0. The third kappa shape index (κ3) is 2.50.